The summed E-state index contributed by atoms with van der Waals surface area (Å²) in [6.45, 7) is 4.57. The summed E-state index contributed by atoms with van der Waals surface area (Å²) in [5.41, 5.74) is 11.0. The van der Waals surface area contributed by atoms with E-state index in [1.807, 2.05) is 13.8 Å². The van der Waals surface area contributed by atoms with Gasteiger partial charge in [0.2, 0.25) is 11.8 Å². The zero-order chi connectivity index (χ0) is 18.8. The first kappa shape index (κ1) is 28.5. The average Bonchev–Trinajstić information content (AvgIpc) is 3.07. The molecule has 0 aromatic rings. The molecule has 1 aliphatic rings. The Morgan fingerprint density at radius 3 is 2.15 bits per heavy atom. The minimum atomic E-state index is -0.534. The van der Waals surface area contributed by atoms with Crippen LogP contribution in [0.4, 0.5) is 0 Å². The van der Waals surface area contributed by atoms with Crippen molar-refractivity contribution in [2.45, 2.75) is 77.7 Å². The van der Waals surface area contributed by atoms with Crippen LogP contribution in [0, 0.1) is 17.8 Å². The Balaban J connectivity index is 0. The number of hydrogen-bond donors (Lipinski definition) is 3. The van der Waals surface area contributed by atoms with Crippen molar-refractivity contribution in [1.82, 2.24) is 5.32 Å². The Kier molecular flexibility index (Phi) is 16.1. The molecular formula is C19H39N3O3S2. The van der Waals surface area contributed by atoms with Crippen LogP contribution in [0.3, 0.4) is 0 Å². The van der Waals surface area contributed by atoms with Gasteiger partial charge in [-0.1, -0.05) is 26.7 Å². The fraction of sp³-hybridized carbons (Fsp3) is 0.842. The van der Waals surface area contributed by atoms with Crippen LogP contribution in [-0.4, -0.2) is 30.2 Å². The second-order valence-electron chi connectivity index (χ2n) is 7.73. The van der Waals surface area contributed by atoms with Crippen molar-refractivity contribution in [1.29, 1.82) is 0 Å². The van der Waals surface area contributed by atoms with E-state index in [-0.39, 0.29) is 56.9 Å². The number of rotatable bonds is 12. The average molecular weight is 422 g/mol. The zero-order valence-electron chi connectivity index (χ0n) is 16.8. The van der Waals surface area contributed by atoms with Gasteiger partial charge in [-0.15, -0.1) is 0 Å². The van der Waals surface area contributed by atoms with Gasteiger partial charge in [0.15, 0.2) is 5.78 Å². The quantitative estimate of drug-likeness (QED) is 0.419. The lowest BCUT2D eigenvalue weighted by Crippen LogP contribution is -2.44. The molecule has 0 saturated heterocycles. The van der Waals surface area contributed by atoms with Gasteiger partial charge in [0.25, 0.3) is 0 Å². The maximum atomic E-state index is 12.7. The standard InChI is InChI=1S/C19H35N3O3.2H2S/c1-13(2)11-15(18(21)24)12-17(23)16(9-5-6-10-20)22-19(25)14-7-3-4-8-14;;/h13-16H,3-12,20H2,1-2H3,(H2,21,24)(H,22,25);2*1H2/t15-,16+;;/m1../s1. The predicted molar refractivity (Wildman–Crippen MR) is 119 cm³/mol. The largest absolute Gasteiger partial charge is 0.369 e. The number of carbonyl (C=O) groups excluding carboxylic acids is 3. The van der Waals surface area contributed by atoms with Crippen molar-refractivity contribution < 1.29 is 14.4 Å². The maximum absolute atomic E-state index is 12.7. The summed E-state index contributed by atoms with van der Waals surface area (Å²) < 4.78 is 0. The van der Waals surface area contributed by atoms with E-state index in [0.29, 0.717) is 19.4 Å². The van der Waals surface area contributed by atoms with Gasteiger partial charge in [-0.3, -0.25) is 14.4 Å². The van der Waals surface area contributed by atoms with Crippen molar-refractivity contribution >= 4 is 44.6 Å². The smallest absolute Gasteiger partial charge is 0.223 e. The molecule has 1 saturated carbocycles. The number of amides is 2. The Labute approximate surface area is 177 Å². The van der Waals surface area contributed by atoms with Crippen LogP contribution < -0.4 is 16.8 Å². The van der Waals surface area contributed by atoms with Crippen molar-refractivity contribution in [3.05, 3.63) is 0 Å². The highest BCUT2D eigenvalue weighted by Crippen LogP contribution is 2.25. The third-order valence-electron chi connectivity index (χ3n) is 4.98. The van der Waals surface area contributed by atoms with Crippen LogP contribution >= 0.6 is 27.0 Å². The molecule has 0 spiro atoms. The lowest BCUT2D eigenvalue weighted by Gasteiger charge is -2.22. The van der Waals surface area contributed by atoms with E-state index in [2.05, 4.69) is 5.32 Å². The van der Waals surface area contributed by atoms with Crippen molar-refractivity contribution in [2.24, 2.45) is 29.2 Å². The molecule has 0 radical (unpaired) electrons. The van der Waals surface area contributed by atoms with E-state index in [4.69, 9.17) is 11.5 Å². The number of ketones is 1. The number of unbranched alkanes of at least 4 members (excludes halogenated alkanes) is 1. The SMILES string of the molecule is CC(C)C[C@H](CC(=O)[C@H](CCCCN)NC(=O)C1CCCC1)C(N)=O.S.S. The van der Waals surface area contributed by atoms with Gasteiger partial charge in [0, 0.05) is 18.3 Å². The number of primary amides is 1. The molecule has 8 heteroatoms. The first-order valence-corrected chi connectivity index (χ1v) is 9.67. The lowest BCUT2D eigenvalue weighted by molar-refractivity contribution is -0.132. The van der Waals surface area contributed by atoms with E-state index in [1.165, 1.54) is 0 Å². The molecule has 0 aromatic carbocycles. The van der Waals surface area contributed by atoms with E-state index in [9.17, 15) is 14.4 Å². The lowest BCUT2D eigenvalue weighted by atomic mass is 9.89. The Morgan fingerprint density at radius 2 is 1.67 bits per heavy atom. The van der Waals surface area contributed by atoms with Gasteiger partial charge in [-0.25, -0.2) is 0 Å². The third kappa shape index (κ3) is 11.0. The Bertz CT molecular complexity index is 455. The fourth-order valence-electron chi connectivity index (χ4n) is 3.54. The van der Waals surface area contributed by atoms with Gasteiger partial charge in [0.1, 0.15) is 0 Å². The monoisotopic (exact) mass is 421 g/mol. The Hall–Kier alpha value is -0.730. The number of hydrogen-bond acceptors (Lipinski definition) is 4. The zero-order valence-corrected chi connectivity index (χ0v) is 18.8. The molecule has 6 nitrogen and oxygen atoms in total. The molecule has 2 atom stereocenters. The third-order valence-corrected chi connectivity index (χ3v) is 4.98. The second kappa shape index (κ2) is 15.2. The highest BCUT2D eigenvalue weighted by molar-refractivity contribution is 7.59. The van der Waals surface area contributed by atoms with E-state index in [0.717, 1.165) is 38.5 Å². The molecule has 27 heavy (non-hydrogen) atoms. The summed E-state index contributed by atoms with van der Waals surface area (Å²) in [5, 5.41) is 2.93. The number of nitrogens with two attached hydrogens (primary N) is 2. The summed E-state index contributed by atoms with van der Waals surface area (Å²) in [7, 11) is 0. The molecule has 1 aliphatic carbocycles. The van der Waals surface area contributed by atoms with Crippen molar-refractivity contribution in [2.75, 3.05) is 6.54 Å². The van der Waals surface area contributed by atoms with Crippen LogP contribution in [-0.2, 0) is 14.4 Å². The van der Waals surface area contributed by atoms with Crippen molar-refractivity contribution in [3.63, 3.8) is 0 Å². The summed E-state index contributed by atoms with van der Waals surface area (Å²) in [4.78, 5) is 36.8. The second-order valence-corrected chi connectivity index (χ2v) is 7.73. The summed E-state index contributed by atoms with van der Waals surface area (Å²) in [6, 6.07) is -0.534. The van der Waals surface area contributed by atoms with Gasteiger partial charge < -0.3 is 16.8 Å². The van der Waals surface area contributed by atoms with Gasteiger partial charge in [0.05, 0.1) is 6.04 Å². The minimum absolute atomic E-state index is 0. The molecular weight excluding hydrogens is 382 g/mol. The van der Waals surface area contributed by atoms with Crippen LogP contribution in [0.15, 0.2) is 0 Å². The molecule has 0 unspecified atom stereocenters. The maximum Gasteiger partial charge on any atom is 0.223 e. The van der Waals surface area contributed by atoms with Gasteiger partial charge in [-0.05, 0) is 51.0 Å². The van der Waals surface area contributed by atoms with Crippen LogP contribution in [0.25, 0.3) is 0 Å². The Morgan fingerprint density at radius 1 is 1.07 bits per heavy atom. The van der Waals surface area contributed by atoms with Crippen LogP contribution in [0.5, 0.6) is 0 Å². The summed E-state index contributed by atoms with van der Waals surface area (Å²) in [5.74, 6) is -0.713. The summed E-state index contributed by atoms with van der Waals surface area (Å²) in [6.07, 6.45) is 6.79. The van der Waals surface area contributed by atoms with E-state index in [1.54, 1.807) is 0 Å². The first-order chi connectivity index (χ1) is 11.8. The van der Waals surface area contributed by atoms with Crippen LogP contribution in [0.1, 0.15) is 71.6 Å². The number of carbonyl (C=O) groups is 3. The highest BCUT2D eigenvalue weighted by Gasteiger charge is 2.29. The predicted octanol–water partition coefficient (Wildman–Crippen LogP) is 2.12. The van der Waals surface area contributed by atoms with E-state index >= 15 is 0 Å². The highest BCUT2D eigenvalue weighted by atomic mass is 32.1. The molecule has 0 bridgehead atoms. The molecule has 160 valence electrons. The minimum Gasteiger partial charge on any atom is -0.369 e. The molecule has 1 rings (SSSR count). The topological polar surface area (TPSA) is 115 Å². The normalized spacial score (nSPS) is 16.1. The van der Waals surface area contributed by atoms with Gasteiger partial charge in [-0.2, -0.15) is 27.0 Å². The summed E-state index contributed by atoms with van der Waals surface area (Å²) >= 11 is 0. The molecule has 0 heterocycles. The van der Waals surface area contributed by atoms with Crippen molar-refractivity contribution in [3.8, 4) is 0 Å². The van der Waals surface area contributed by atoms with E-state index < -0.39 is 17.9 Å². The molecule has 1 fully saturated rings. The van der Waals surface area contributed by atoms with Crippen LogP contribution in [0.2, 0.25) is 0 Å². The number of Topliss-reactive ketones (excluding diaryl/α,β-unsaturated/α-hetero) is 1. The molecule has 0 aliphatic heterocycles. The van der Waals surface area contributed by atoms with Gasteiger partial charge >= 0.3 is 0 Å². The fourth-order valence-corrected chi connectivity index (χ4v) is 3.54. The molecule has 0 aromatic heterocycles. The molecule has 2 amide bonds. The first-order valence-electron chi connectivity index (χ1n) is 9.67. The molecule has 5 N–H and O–H groups in total. The number of nitrogens with one attached hydrogen (secondary N) is 1.